The van der Waals surface area contributed by atoms with Crippen molar-refractivity contribution in [3.05, 3.63) is 40.9 Å². The van der Waals surface area contributed by atoms with Gasteiger partial charge in [-0.25, -0.2) is 0 Å². The number of amides is 2. The van der Waals surface area contributed by atoms with Crippen LogP contribution in [0.15, 0.2) is 30.3 Å². The third-order valence-corrected chi connectivity index (χ3v) is 3.96. The fourth-order valence-electron chi connectivity index (χ4n) is 1.96. The summed E-state index contributed by atoms with van der Waals surface area (Å²) in [6, 6.07) is 9.49. The van der Waals surface area contributed by atoms with E-state index in [1.165, 1.54) is 11.3 Å². The normalized spacial score (nSPS) is 10.3. The van der Waals surface area contributed by atoms with E-state index >= 15 is 0 Å². The van der Waals surface area contributed by atoms with Crippen LogP contribution >= 0.6 is 11.3 Å². The molecule has 0 fully saturated rings. The molecule has 23 heavy (non-hydrogen) atoms. The van der Waals surface area contributed by atoms with Gasteiger partial charge < -0.3 is 10.6 Å². The first-order valence-corrected chi connectivity index (χ1v) is 8.42. The van der Waals surface area contributed by atoms with Crippen LogP contribution in [0.5, 0.6) is 0 Å². The minimum absolute atomic E-state index is 0.0925. The fraction of sp³-hybridized carbons (Fsp3) is 0.375. The van der Waals surface area contributed by atoms with Crippen molar-refractivity contribution in [1.29, 1.82) is 0 Å². The van der Waals surface area contributed by atoms with Crippen LogP contribution < -0.4 is 10.6 Å². The summed E-state index contributed by atoms with van der Waals surface area (Å²) in [6.07, 6.45) is 2.39. The Bertz CT molecular complexity index is 643. The van der Waals surface area contributed by atoms with Gasteiger partial charge in [0.2, 0.25) is 16.9 Å². The number of carbonyl (C=O) groups excluding carboxylic acids is 2. The number of hydrogen-bond donors (Lipinski definition) is 2. The summed E-state index contributed by atoms with van der Waals surface area (Å²) >= 11 is 1.39. The molecule has 0 radical (unpaired) electrons. The Kier molecular flexibility index (Phi) is 6.68. The van der Waals surface area contributed by atoms with Crippen molar-refractivity contribution in [2.24, 2.45) is 0 Å². The molecule has 1 heterocycles. The van der Waals surface area contributed by atoms with Crippen molar-refractivity contribution in [2.45, 2.75) is 32.6 Å². The summed E-state index contributed by atoms with van der Waals surface area (Å²) in [4.78, 5) is 23.6. The maximum Gasteiger partial charge on any atom is 0.227 e. The minimum atomic E-state index is -0.177. The second kappa shape index (κ2) is 8.99. The lowest BCUT2D eigenvalue weighted by Gasteiger charge is -2.05. The highest BCUT2D eigenvalue weighted by Gasteiger charge is 2.09. The second-order valence-electron chi connectivity index (χ2n) is 5.06. The number of anilines is 1. The predicted octanol–water partition coefficient (Wildman–Crippen LogP) is 2.18. The summed E-state index contributed by atoms with van der Waals surface area (Å²) in [5.41, 5.74) is 0.951. The predicted molar refractivity (Wildman–Crippen MR) is 90.3 cm³/mol. The van der Waals surface area contributed by atoms with Gasteiger partial charge in [0.05, 0.1) is 6.42 Å². The van der Waals surface area contributed by atoms with E-state index in [0.717, 1.165) is 23.4 Å². The average Bonchev–Trinajstić information content (AvgIpc) is 2.95. The number of benzene rings is 1. The van der Waals surface area contributed by atoms with Gasteiger partial charge >= 0.3 is 0 Å². The van der Waals surface area contributed by atoms with E-state index in [-0.39, 0.29) is 18.2 Å². The van der Waals surface area contributed by atoms with E-state index in [1.54, 1.807) is 0 Å². The molecule has 0 unspecified atom stereocenters. The van der Waals surface area contributed by atoms with Crippen LogP contribution in [-0.4, -0.2) is 28.6 Å². The third kappa shape index (κ3) is 6.15. The van der Waals surface area contributed by atoms with Gasteiger partial charge in [-0.2, -0.15) is 0 Å². The molecule has 0 atom stereocenters. The lowest BCUT2D eigenvalue weighted by atomic mass is 10.1. The quantitative estimate of drug-likeness (QED) is 0.776. The van der Waals surface area contributed by atoms with Gasteiger partial charge in [-0.15, -0.1) is 10.2 Å². The first-order valence-electron chi connectivity index (χ1n) is 7.60. The monoisotopic (exact) mass is 332 g/mol. The van der Waals surface area contributed by atoms with Crippen LogP contribution in [0.2, 0.25) is 0 Å². The topological polar surface area (TPSA) is 84.0 Å². The van der Waals surface area contributed by atoms with Gasteiger partial charge in [0, 0.05) is 19.4 Å². The second-order valence-corrected chi connectivity index (χ2v) is 6.12. The van der Waals surface area contributed by atoms with Crippen molar-refractivity contribution in [2.75, 3.05) is 11.9 Å². The number of rotatable bonds is 8. The Morgan fingerprint density at radius 3 is 2.65 bits per heavy atom. The number of hydrogen-bond acceptors (Lipinski definition) is 5. The summed E-state index contributed by atoms with van der Waals surface area (Å²) in [7, 11) is 0. The highest BCUT2D eigenvalue weighted by Crippen LogP contribution is 2.16. The van der Waals surface area contributed by atoms with Gasteiger partial charge in [-0.3, -0.25) is 9.59 Å². The van der Waals surface area contributed by atoms with Crippen LogP contribution in [0.4, 0.5) is 5.13 Å². The van der Waals surface area contributed by atoms with E-state index in [0.29, 0.717) is 18.1 Å². The first-order chi connectivity index (χ1) is 11.2. The number of nitrogens with one attached hydrogen (secondary N) is 2. The number of nitrogens with zero attached hydrogens (tertiary/aromatic N) is 2. The lowest BCUT2D eigenvalue weighted by molar-refractivity contribution is -0.120. The Morgan fingerprint density at radius 1 is 1.13 bits per heavy atom. The minimum Gasteiger partial charge on any atom is -0.355 e. The van der Waals surface area contributed by atoms with Crippen molar-refractivity contribution in [1.82, 2.24) is 15.5 Å². The molecule has 0 spiro atoms. The molecule has 7 heteroatoms. The molecule has 1 aromatic carbocycles. The molecule has 0 saturated heterocycles. The van der Waals surface area contributed by atoms with Gasteiger partial charge in [0.15, 0.2) is 0 Å². The SMILES string of the molecule is CCCc1nnc(NC(=O)CCNC(=O)Cc2ccccc2)s1. The number of aryl methyl sites for hydroxylation is 1. The standard InChI is InChI=1S/C16H20N4O2S/c1-2-6-15-19-20-16(23-15)18-13(21)9-10-17-14(22)11-12-7-4-3-5-8-12/h3-5,7-8H,2,6,9-11H2,1H3,(H,17,22)(H,18,20,21). The summed E-state index contributed by atoms with van der Waals surface area (Å²) < 4.78 is 0. The maximum atomic E-state index is 11.8. The van der Waals surface area contributed by atoms with Crippen LogP contribution in [0.1, 0.15) is 30.3 Å². The van der Waals surface area contributed by atoms with Crippen molar-refractivity contribution >= 4 is 28.3 Å². The molecule has 0 saturated carbocycles. The third-order valence-electron chi connectivity index (χ3n) is 3.06. The zero-order chi connectivity index (χ0) is 16.5. The summed E-state index contributed by atoms with van der Waals surface area (Å²) in [6.45, 7) is 2.37. The molecule has 2 aromatic rings. The lowest BCUT2D eigenvalue weighted by Crippen LogP contribution is -2.28. The molecule has 0 aliphatic rings. The average molecular weight is 332 g/mol. The first kappa shape index (κ1) is 17.1. The Hall–Kier alpha value is -2.28. The van der Waals surface area contributed by atoms with Gasteiger partial charge in [0.1, 0.15) is 5.01 Å². The van der Waals surface area contributed by atoms with Crippen molar-refractivity contribution in [3.8, 4) is 0 Å². The zero-order valence-electron chi connectivity index (χ0n) is 13.0. The number of aromatic nitrogens is 2. The molecule has 2 amide bonds. The molecule has 2 rings (SSSR count). The van der Waals surface area contributed by atoms with Gasteiger partial charge in [-0.05, 0) is 12.0 Å². The van der Waals surface area contributed by atoms with Crippen LogP contribution in [0, 0.1) is 0 Å². The molecule has 0 bridgehead atoms. The summed E-state index contributed by atoms with van der Waals surface area (Å²) in [5, 5.41) is 14.8. The fourth-order valence-corrected chi connectivity index (χ4v) is 2.82. The van der Waals surface area contributed by atoms with E-state index in [2.05, 4.69) is 27.8 Å². The van der Waals surface area contributed by atoms with Gasteiger partial charge in [0.25, 0.3) is 0 Å². The molecular weight excluding hydrogens is 312 g/mol. The van der Waals surface area contributed by atoms with E-state index < -0.39 is 0 Å². The zero-order valence-corrected chi connectivity index (χ0v) is 13.9. The molecule has 0 aliphatic heterocycles. The van der Waals surface area contributed by atoms with Crippen LogP contribution in [0.25, 0.3) is 0 Å². The highest BCUT2D eigenvalue weighted by molar-refractivity contribution is 7.15. The van der Waals surface area contributed by atoms with Crippen LogP contribution in [-0.2, 0) is 22.4 Å². The number of carbonyl (C=O) groups is 2. The van der Waals surface area contributed by atoms with Gasteiger partial charge in [-0.1, -0.05) is 48.6 Å². The summed E-state index contributed by atoms with van der Waals surface area (Å²) in [5.74, 6) is -0.269. The molecule has 122 valence electrons. The van der Waals surface area contributed by atoms with E-state index in [1.807, 2.05) is 30.3 Å². The van der Waals surface area contributed by atoms with E-state index in [4.69, 9.17) is 0 Å². The molecule has 1 aromatic heterocycles. The van der Waals surface area contributed by atoms with E-state index in [9.17, 15) is 9.59 Å². The highest BCUT2D eigenvalue weighted by atomic mass is 32.1. The molecule has 0 aliphatic carbocycles. The smallest absolute Gasteiger partial charge is 0.227 e. The molecule has 6 nitrogen and oxygen atoms in total. The van der Waals surface area contributed by atoms with Crippen LogP contribution in [0.3, 0.4) is 0 Å². The Morgan fingerprint density at radius 2 is 1.91 bits per heavy atom. The van der Waals surface area contributed by atoms with Crippen molar-refractivity contribution in [3.63, 3.8) is 0 Å². The molecule has 2 N–H and O–H groups in total. The Labute approximate surface area is 139 Å². The Balaban J connectivity index is 1.67. The van der Waals surface area contributed by atoms with Crippen molar-refractivity contribution < 1.29 is 9.59 Å². The maximum absolute atomic E-state index is 11.8. The largest absolute Gasteiger partial charge is 0.355 e. The molecular formula is C16H20N4O2S.